The molecule has 5 heterocycles. The SMILES string of the molecule is O=C(NS(=O)(=O)c1ccc(NCC2CCOCC2)c([N+](=O)[O-])c1)c1ccc(C2=CCC(N3CCCC3c3cccnc3)CC2)cc1Oc1cnc2[nH]ccc2c1. The van der Waals surface area contributed by atoms with E-state index in [1.165, 1.54) is 23.9 Å². The molecule has 2 atom stereocenters. The van der Waals surface area contributed by atoms with Gasteiger partial charge in [0.15, 0.2) is 0 Å². The molecule has 2 saturated heterocycles. The molecule has 3 aromatic heterocycles. The van der Waals surface area contributed by atoms with Crippen LogP contribution in [0, 0.1) is 16.0 Å². The highest BCUT2D eigenvalue weighted by Gasteiger charge is 2.33. The van der Waals surface area contributed by atoms with Crippen LogP contribution in [0.3, 0.4) is 0 Å². The van der Waals surface area contributed by atoms with Crippen LogP contribution in [0.15, 0.2) is 96.4 Å². The second-order valence-corrected chi connectivity index (χ2v) is 16.2. The Morgan fingerprint density at radius 2 is 1.93 bits per heavy atom. The third-order valence-electron chi connectivity index (χ3n) is 11.0. The van der Waals surface area contributed by atoms with E-state index in [0.717, 1.165) is 74.1 Å². The van der Waals surface area contributed by atoms with Crippen molar-refractivity contribution >= 4 is 43.9 Å². The normalized spacial score (nSPS) is 19.4. The van der Waals surface area contributed by atoms with Gasteiger partial charge in [0.1, 0.15) is 22.8 Å². The van der Waals surface area contributed by atoms with Gasteiger partial charge in [0.25, 0.3) is 21.6 Å². The number of fused-ring (bicyclic) bond motifs is 1. The molecule has 1 amide bonds. The number of nitro benzene ring substituents is 1. The van der Waals surface area contributed by atoms with Crippen molar-refractivity contribution < 1.29 is 27.6 Å². The Balaban J connectivity index is 1.03. The van der Waals surface area contributed by atoms with Gasteiger partial charge in [0.05, 0.1) is 21.6 Å². The summed E-state index contributed by atoms with van der Waals surface area (Å²) >= 11 is 0. The molecule has 5 aromatic rings. The monoisotopic (exact) mass is 777 g/mol. The Bertz CT molecular complexity index is 2380. The number of carbonyl (C=O) groups is 1. The summed E-state index contributed by atoms with van der Waals surface area (Å²) in [6.07, 6.45) is 15.9. The highest BCUT2D eigenvalue weighted by atomic mass is 32.2. The molecule has 2 fully saturated rings. The van der Waals surface area contributed by atoms with Gasteiger partial charge in [-0.25, -0.2) is 18.1 Å². The number of anilines is 1. The van der Waals surface area contributed by atoms with E-state index in [0.29, 0.717) is 43.2 Å². The lowest BCUT2D eigenvalue weighted by Crippen LogP contribution is -2.35. The summed E-state index contributed by atoms with van der Waals surface area (Å²) in [6.45, 7) is 2.79. The molecule has 2 unspecified atom stereocenters. The predicted molar refractivity (Wildman–Crippen MR) is 211 cm³/mol. The molecular formula is C41H43N7O7S. The van der Waals surface area contributed by atoms with Crippen molar-refractivity contribution in [2.45, 2.75) is 61.9 Å². The van der Waals surface area contributed by atoms with Gasteiger partial charge in [-0.1, -0.05) is 18.2 Å². The van der Waals surface area contributed by atoms with Crippen molar-refractivity contribution in [2.24, 2.45) is 5.92 Å². The Labute approximate surface area is 324 Å². The van der Waals surface area contributed by atoms with Crippen LogP contribution in [-0.2, 0) is 14.8 Å². The summed E-state index contributed by atoms with van der Waals surface area (Å²) in [6, 6.07) is 17.2. The average molecular weight is 778 g/mol. The number of nitrogens with one attached hydrogen (secondary N) is 3. The number of carbonyl (C=O) groups excluding carboxylic acids is 1. The summed E-state index contributed by atoms with van der Waals surface area (Å²) in [5.74, 6) is -0.162. The number of nitrogens with zero attached hydrogens (tertiary/aromatic N) is 4. The molecule has 3 N–H and O–H groups in total. The molecular weight excluding hydrogens is 735 g/mol. The zero-order valence-corrected chi connectivity index (χ0v) is 31.5. The number of hydrogen-bond donors (Lipinski definition) is 3. The number of ether oxygens (including phenoxy) is 2. The van der Waals surface area contributed by atoms with Gasteiger partial charge in [0.2, 0.25) is 0 Å². The van der Waals surface area contributed by atoms with Gasteiger partial charge in [-0.3, -0.25) is 24.8 Å². The van der Waals surface area contributed by atoms with Crippen LogP contribution in [0.25, 0.3) is 16.6 Å². The van der Waals surface area contributed by atoms with Crippen LogP contribution in [-0.4, -0.2) is 71.4 Å². The minimum absolute atomic E-state index is 0.0265. The molecule has 2 aliphatic heterocycles. The molecule has 0 spiro atoms. The minimum atomic E-state index is -4.54. The second-order valence-electron chi connectivity index (χ2n) is 14.5. The molecule has 0 saturated carbocycles. The number of rotatable bonds is 12. The third kappa shape index (κ3) is 8.15. The fraction of sp³-hybridized carbons (Fsp3) is 0.341. The second kappa shape index (κ2) is 16.2. The number of aromatic nitrogens is 3. The first-order chi connectivity index (χ1) is 27.2. The zero-order valence-electron chi connectivity index (χ0n) is 30.7. The number of nitro groups is 1. The first-order valence-corrected chi connectivity index (χ1v) is 20.5. The van der Waals surface area contributed by atoms with Crippen molar-refractivity contribution in [2.75, 3.05) is 31.6 Å². The summed E-state index contributed by atoms with van der Waals surface area (Å²) in [7, 11) is -4.54. The number of sulfonamides is 1. The van der Waals surface area contributed by atoms with E-state index in [2.05, 4.69) is 42.0 Å². The summed E-state index contributed by atoms with van der Waals surface area (Å²) in [5.41, 5.74) is 3.65. The van der Waals surface area contributed by atoms with Crippen molar-refractivity contribution in [3.05, 3.63) is 118 Å². The Kier molecular flexibility index (Phi) is 10.8. The standard InChI is InChI=1S/C41H43N7O7S/c49-41(46-56(52,53)34-10-12-36(38(23-34)48(50)51)44-24-27-14-19-54-20-15-27)35-11-7-29(22-39(35)55-33-21-30-13-17-43-40(30)45-26-33)28-5-8-32(9-6-28)47-18-2-4-37(47)31-3-1-16-42-25-31/h1,3,5,7,10-13,16-17,21-23,25-27,32,37,44H,2,4,6,8-9,14-15,18-20,24H2,(H,43,45)(H,46,49). The maximum atomic E-state index is 13.8. The first-order valence-electron chi connectivity index (χ1n) is 19.0. The number of amides is 1. The van der Waals surface area contributed by atoms with Crippen molar-refractivity contribution in [3.63, 3.8) is 0 Å². The molecule has 15 heteroatoms. The lowest BCUT2D eigenvalue weighted by atomic mass is 9.88. The lowest BCUT2D eigenvalue weighted by Gasteiger charge is -2.35. The smallest absolute Gasteiger partial charge is 0.293 e. The molecule has 56 heavy (non-hydrogen) atoms. The van der Waals surface area contributed by atoms with Crippen LogP contribution in [0.2, 0.25) is 0 Å². The molecule has 0 radical (unpaired) electrons. The first kappa shape index (κ1) is 37.3. The van der Waals surface area contributed by atoms with Crippen molar-refractivity contribution in [1.82, 2.24) is 24.6 Å². The Hall–Kier alpha value is -5.64. The Morgan fingerprint density at radius 1 is 1.05 bits per heavy atom. The third-order valence-corrected chi connectivity index (χ3v) is 12.4. The molecule has 8 rings (SSSR count). The fourth-order valence-corrected chi connectivity index (χ4v) is 9.04. The van der Waals surface area contributed by atoms with Crippen LogP contribution in [0.4, 0.5) is 11.4 Å². The molecule has 3 aliphatic rings. The predicted octanol–water partition coefficient (Wildman–Crippen LogP) is 7.39. The zero-order chi connectivity index (χ0) is 38.6. The topological polar surface area (TPSA) is 182 Å². The highest BCUT2D eigenvalue weighted by molar-refractivity contribution is 7.90. The lowest BCUT2D eigenvalue weighted by molar-refractivity contribution is -0.384. The van der Waals surface area contributed by atoms with E-state index in [-0.39, 0.29) is 22.9 Å². The number of H-pyrrole nitrogens is 1. The molecule has 290 valence electrons. The van der Waals surface area contributed by atoms with Gasteiger partial charge >= 0.3 is 0 Å². The summed E-state index contributed by atoms with van der Waals surface area (Å²) < 4.78 is 41.0. The van der Waals surface area contributed by atoms with Gasteiger partial charge in [0, 0.05) is 61.9 Å². The van der Waals surface area contributed by atoms with Crippen molar-refractivity contribution in [3.8, 4) is 11.5 Å². The number of hydrogen-bond acceptors (Lipinski definition) is 11. The number of allylic oxidation sites excluding steroid dienone is 1. The summed E-state index contributed by atoms with van der Waals surface area (Å²) in [5, 5.41) is 15.9. The van der Waals surface area contributed by atoms with Crippen LogP contribution < -0.4 is 14.8 Å². The largest absolute Gasteiger partial charge is 0.455 e. The fourth-order valence-electron chi connectivity index (χ4n) is 8.06. The van der Waals surface area contributed by atoms with Crippen LogP contribution in [0.1, 0.15) is 72.5 Å². The molecule has 1 aliphatic carbocycles. The maximum absolute atomic E-state index is 13.8. The number of pyridine rings is 2. The highest BCUT2D eigenvalue weighted by Crippen LogP contribution is 2.40. The van der Waals surface area contributed by atoms with E-state index in [4.69, 9.17) is 9.47 Å². The maximum Gasteiger partial charge on any atom is 0.293 e. The van der Waals surface area contributed by atoms with E-state index in [9.17, 15) is 23.3 Å². The molecule has 14 nitrogen and oxygen atoms in total. The van der Waals surface area contributed by atoms with Crippen LogP contribution >= 0.6 is 0 Å². The molecule has 0 bridgehead atoms. The van der Waals surface area contributed by atoms with E-state index in [1.807, 2.05) is 18.3 Å². The van der Waals surface area contributed by atoms with Gasteiger partial charge < -0.3 is 19.8 Å². The van der Waals surface area contributed by atoms with E-state index in [1.54, 1.807) is 36.7 Å². The number of benzene rings is 2. The van der Waals surface area contributed by atoms with Crippen molar-refractivity contribution in [1.29, 1.82) is 0 Å². The summed E-state index contributed by atoms with van der Waals surface area (Å²) in [4.78, 5) is 39.2. The van der Waals surface area contributed by atoms with Crippen LogP contribution in [0.5, 0.6) is 11.5 Å². The quantitative estimate of drug-likeness (QED) is 0.0849. The Morgan fingerprint density at radius 3 is 2.71 bits per heavy atom. The van der Waals surface area contributed by atoms with E-state index < -0.39 is 31.4 Å². The molecule has 2 aromatic carbocycles. The minimum Gasteiger partial charge on any atom is -0.455 e. The van der Waals surface area contributed by atoms with E-state index >= 15 is 0 Å². The van der Waals surface area contributed by atoms with Gasteiger partial charge in [-0.05, 0) is 117 Å². The van der Waals surface area contributed by atoms with Gasteiger partial charge in [-0.2, -0.15) is 0 Å². The average Bonchev–Trinajstić information content (AvgIpc) is 3.91. The number of likely N-dealkylation sites (tertiary alicyclic amines) is 1. The van der Waals surface area contributed by atoms with Gasteiger partial charge in [-0.15, -0.1) is 0 Å². The number of aromatic amines is 1.